The van der Waals surface area contributed by atoms with Crippen molar-refractivity contribution in [1.29, 1.82) is 0 Å². The quantitative estimate of drug-likeness (QED) is 0.432. The maximum absolute atomic E-state index is 11.3. The van der Waals surface area contributed by atoms with Gasteiger partial charge in [0.05, 0.1) is 6.61 Å². The zero-order chi connectivity index (χ0) is 11.5. The van der Waals surface area contributed by atoms with Crippen molar-refractivity contribution in [2.24, 2.45) is 5.41 Å². The lowest BCUT2D eigenvalue weighted by Gasteiger charge is -2.17. The van der Waals surface area contributed by atoms with E-state index in [4.69, 9.17) is 10.2 Å². The van der Waals surface area contributed by atoms with E-state index in [-0.39, 0.29) is 6.61 Å². The zero-order valence-electron chi connectivity index (χ0n) is 8.01. The van der Waals surface area contributed by atoms with Gasteiger partial charge in [-0.1, -0.05) is 0 Å². The van der Waals surface area contributed by atoms with E-state index in [9.17, 15) is 14.7 Å². The number of nitrogens with one attached hydrogen (secondary N) is 1. The number of aliphatic carboxylic acids is 1. The molecule has 0 bridgehead atoms. The number of hydrogen-bond donors (Lipinski definition) is 4. The van der Waals surface area contributed by atoms with Crippen molar-refractivity contribution in [3.05, 3.63) is 12.3 Å². The molecule has 0 saturated heterocycles. The minimum absolute atomic E-state index is 0.246. The Balaban J connectivity index is 2.44. The smallest absolute Gasteiger partial charge is 0.329 e. The van der Waals surface area contributed by atoms with Gasteiger partial charge in [-0.3, -0.25) is 4.79 Å². The number of hydrogen-bond acceptors (Lipinski definition) is 4. The summed E-state index contributed by atoms with van der Waals surface area (Å²) in [5.74, 6) is -1.88. The van der Waals surface area contributed by atoms with Crippen LogP contribution in [0.15, 0.2) is 12.3 Å². The van der Waals surface area contributed by atoms with Crippen LogP contribution in [0, 0.1) is 5.41 Å². The molecule has 0 aromatic rings. The molecule has 1 saturated carbocycles. The molecular formula is C9H13NO5. The van der Waals surface area contributed by atoms with Crippen LogP contribution in [-0.4, -0.2) is 39.9 Å². The van der Waals surface area contributed by atoms with Gasteiger partial charge in [-0.25, -0.2) is 4.79 Å². The summed E-state index contributed by atoms with van der Waals surface area (Å²) in [4.78, 5) is 21.3. The topological polar surface area (TPSA) is 107 Å². The standard InChI is InChI=1S/C9H13NO5/c11-5-9(2-3-9)7(14)8(15)10-4-1-6(12)13/h1,4,7,11,14H,2-3,5H2,(H,10,15)(H,12,13)/t7-/m0/s1. The second kappa shape index (κ2) is 4.41. The lowest BCUT2D eigenvalue weighted by Crippen LogP contribution is -2.39. The summed E-state index contributed by atoms with van der Waals surface area (Å²) >= 11 is 0. The molecule has 0 spiro atoms. The predicted octanol–water partition coefficient (Wildman–Crippen LogP) is -1.17. The van der Waals surface area contributed by atoms with Crippen LogP contribution in [0.1, 0.15) is 12.8 Å². The SMILES string of the molecule is O=C(O)C=CNC(=O)[C@H](O)C1(CO)CC1. The average Bonchev–Trinajstić information content (AvgIpc) is 2.96. The van der Waals surface area contributed by atoms with E-state index in [0.29, 0.717) is 12.8 Å². The first-order chi connectivity index (χ1) is 7.02. The highest BCUT2D eigenvalue weighted by atomic mass is 16.4. The molecule has 84 valence electrons. The lowest BCUT2D eigenvalue weighted by molar-refractivity contribution is -0.133. The van der Waals surface area contributed by atoms with Gasteiger partial charge < -0.3 is 20.6 Å². The Morgan fingerprint density at radius 2 is 2.07 bits per heavy atom. The summed E-state index contributed by atoms with van der Waals surface area (Å²) in [6, 6.07) is 0. The largest absolute Gasteiger partial charge is 0.478 e. The van der Waals surface area contributed by atoms with Gasteiger partial charge in [0.15, 0.2) is 0 Å². The first kappa shape index (κ1) is 11.7. The second-order valence-corrected chi connectivity index (χ2v) is 3.60. The molecule has 4 N–H and O–H groups in total. The average molecular weight is 215 g/mol. The Labute approximate surface area is 86.2 Å². The van der Waals surface area contributed by atoms with Gasteiger partial charge in [-0.15, -0.1) is 0 Å². The normalized spacial score (nSPS) is 19.9. The molecule has 0 aromatic heterocycles. The molecule has 6 heteroatoms. The highest BCUT2D eigenvalue weighted by Gasteiger charge is 2.51. The number of carboxylic acid groups (broad SMARTS) is 1. The first-order valence-electron chi connectivity index (χ1n) is 4.50. The summed E-state index contributed by atoms with van der Waals surface area (Å²) < 4.78 is 0. The molecule has 6 nitrogen and oxygen atoms in total. The first-order valence-corrected chi connectivity index (χ1v) is 4.50. The van der Waals surface area contributed by atoms with E-state index in [1.165, 1.54) is 0 Å². The zero-order valence-corrected chi connectivity index (χ0v) is 8.01. The molecule has 1 amide bonds. The summed E-state index contributed by atoms with van der Waals surface area (Å²) in [7, 11) is 0. The van der Waals surface area contributed by atoms with Crippen molar-refractivity contribution in [3.63, 3.8) is 0 Å². The Morgan fingerprint density at radius 3 is 2.47 bits per heavy atom. The summed E-state index contributed by atoms with van der Waals surface area (Å²) in [6.45, 7) is -0.246. The lowest BCUT2D eigenvalue weighted by atomic mass is 10.00. The molecule has 0 heterocycles. The van der Waals surface area contributed by atoms with Gasteiger partial charge in [0.2, 0.25) is 0 Å². The number of carbonyl (C=O) groups excluding carboxylic acids is 1. The summed E-state index contributed by atoms with van der Waals surface area (Å²) in [5.41, 5.74) is -0.721. The van der Waals surface area contributed by atoms with E-state index in [1.54, 1.807) is 0 Å². The van der Waals surface area contributed by atoms with Crippen LogP contribution < -0.4 is 5.32 Å². The third-order valence-electron chi connectivity index (χ3n) is 2.49. The third-order valence-corrected chi connectivity index (χ3v) is 2.49. The molecule has 15 heavy (non-hydrogen) atoms. The predicted molar refractivity (Wildman–Crippen MR) is 49.7 cm³/mol. The van der Waals surface area contributed by atoms with E-state index < -0.39 is 23.4 Å². The van der Waals surface area contributed by atoms with Gasteiger partial charge in [-0.2, -0.15) is 0 Å². The highest BCUT2D eigenvalue weighted by molar-refractivity contribution is 5.85. The Bertz CT molecular complexity index is 295. The summed E-state index contributed by atoms with van der Waals surface area (Å²) in [5, 5.41) is 28.8. The fourth-order valence-corrected chi connectivity index (χ4v) is 1.23. The van der Waals surface area contributed by atoms with E-state index in [2.05, 4.69) is 5.32 Å². The molecule has 0 aromatic carbocycles. The van der Waals surface area contributed by atoms with Crippen LogP contribution in [0.4, 0.5) is 0 Å². The molecule has 0 aliphatic heterocycles. The van der Waals surface area contributed by atoms with Crippen molar-refractivity contribution in [2.45, 2.75) is 18.9 Å². The van der Waals surface area contributed by atoms with Crippen LogP contribution in [0.2, 0.25) is 0 Å². The molecule has 1 rings (SSSR count). The molecule has 1 fully saturated rings. The fourth-order valence-electron chi connectivity index (χ4n) is 1.23. The Morgan fingerprint density at radius 1 is 1.47 bits per heavy atom. The van der Waals surface area contributed by atoms with Crippen LogP contribution >= 0.6 is 0 Å². The minimum atomic E-state index is -1.29. The number of aliphatic hydroxyl groups is 2. The molecule has 0 unspecified atom stereocenters. The monoisotopic (exact) mass is 215 g/mol. The minimum Gasteiger partial charge on any atom is -0.478 e. The van der Waals surface area contributed by atoms with Crippen molar-refractivity contribution < 1.29 is 24.9 Å². The maximum atomic E-state index is 11.3. The Hall–Kier alpha value is -1.40. The summed E-state index contributed by atoms with van der Waals surface area (Å²) in [6.07, 6.45) is 1.60. The molecule has 1 aliphatic carbocycles. The van der Waals surface area contributed by atoms with Crippen LogP contribution in [0.3, 0.4) is 0 Å². The van der Waals surface area contributed by atoms with Gasteiger partial charge >= 0.3 is 5.97 Å². The van der Waals surface area contributed by atoms with Gasteiger partial charge in [0.1, 0.15) is 6.10 Å². The van der Waals surface area contributed by atoms with Crippen molar-refractivity contribution in [2.75, 3.05) is 6.61 Å². The van der Waals surface area contributed by atoms with Gasteiger partial charge in [0.25, 0.3) is 5.91 Å². The van der Waals surface area contributed by atoms with Gasteiger partial charge in [0, 0.05) is 17.7 Å². The van der Waals surface area contributed by atoms with Crippen LogP contribution in [0.25, 0.3) is 0 Å². The number of carboxylic acids is 1. The second-order valence-electron chi connectivity index (χ2n) is 3.60. The van der Waals surface area contributed by atoms with E-state index >= 15 is 0 Å². The van der Waals surface area contributed by atoms with E-state index in [0.717, 1.165) is 12.3 Å². The van der Waals surface area contributed by atoms with Crippen LogP contribution in [0.5, 0.6) is 0 Å². The molecule has 0 radical (unpaired) electrons. The third kappa shape index (κ3) is 2.77. The number of amides is 1. The van der Waals surface area contributed by atoms with Crippen LogP contribution in [-0.2, 0) is 9.59 Å². The molecular weight excluding hydrogens is 202 g/mol. The highest BCUT2D eigenvalue weighted by Crippen LogP contribution is 2.48. The number of rotatable bonds is 5. The maximum Gasteiger partial charge on any atom is 0.329 e. The van der Waals surface area contributed by atoms with Crippen molar-refractivity contribution in [1.82, 2.24) is 5.32 Å². The molecule has 1 aliphatic rings. The molecule has 1 atom stereocenters. The van der Waals surface area contributed by atoms with Crippen molar-refractivity contribution in [3.8, 4) is 0 Å². The number of aliphatic hydroxyl groups excluding tert-OH is 2. The number of carbonyl (C=O) groups is 2. The van der Waals surface area contributed by atoms with Crippen molar-refractivity contribution >= 4 is 11.9 Å². The van der Waals surface area contributed by atoms with Gasteiger partial charge in [-0.05, 0) is 12.8 Å². The fraction of sp³-hybridized carbons (Fsp3) is 0.556. The Kier molecular flexibility index (Phi) is 3.43. The van der Waals surface area contributed by atoms with E-state index in [1.807, 2.05) is 0 Å².